The van der Waals surface area contributed by atoms with E-state index in [1.807, 2.05) is 54.3 Å². The normalized spacial score (nSPS) is 24.7. The van der Waals surface area contributed by atoms with Gasteiger partial charge in [0.25, 0.3) is 5.91 Å². The fraction of sp³-hybridized carbons (Fsp3) is 0.400. The number of aromatic hydroxyl groups is 1. The standard InChI is InChI=1S/C25H29BrN2O3S/c1-3-31-21-14-17(13-19(26)23(21)29)15-22-24(30)28(20-12-8-7-9-16(20)2)25(32-22)27-18-10-5-4-6-11-18/h4-6,10-11,13-16,20,25,27,29H,3,7-9,12H2,1-2H3/b22-15-/t16-,20-,25?/m1/s1. The number of hydrogen-bond acceptors (Lipinski definition) is 5. The van der Waals surface area contributed by atoms with Gasteiger partial charge in [-0.15, -0.1) is 0 Å². The van der Waals surface area contributed by atoms with Crippen molar-refractivity contribution >= 4 is 45.4 Å². The van der Waals surface area contributed by atoms with Crippen LogP contribution in [0.1, 0.15) is 45.1 Å². The Bertz CT molecular complexity index is 998. The van der Waals surface area contributed by atoms with Gasteiger partial charge in [0.05, 0.1) is 16.0 Å². The Morgan fingerprint density at radius 3 is 2.72 bits per heavy atom. The van der Waals surface area contributed by atoms with Crippen LogP contribution < -0.4 is 10.1 Å². The maximum absolute atomic E-state index is 13.6. The minimum Gasteiger partial charge on any atom is -0.503 e. The molecule has 2 fully saturated rings. The van der Waals surface area contributed by atoms with E-state index in [2.05, 4.69) is 28.2 Å². The van der Waals surface area contributed by atoms with Crippen molar-refractivity contribution in [1.29, 1.82) is 0 Å². The van der Waals surface area contributed by atoms with Crippen LogP contribution in [0.15, 0.2) is 51.8 Å². The third-order valence-electron chi connectivity index (χ3n) is 6.07. The van der Waals surface area contributed by atoms with E-state index in [-0.39, 0.29) is 23.2 Å². The topological polar surface area (TPSA) is 61.8 Å². The van der Waals surface area contributed by atoms with Crippen LogP contribution in [0.3, 0.4) is 0 Å². The second-order valence-corrected chi connectivity index (χ2v) is 10.3. The van der Waals surface area contributed by atoms with Gasteiger partial charge in [0.1, 0.15) is 0 Å². The molecule has 0 bridgehead atoms. The highest BCUT2D eigenvalue weighted by molar-refractivity contribution is 9.10. The number of halogens is 1. The van der Waals surface area contributed by atoms with E-state index in [1.54, 1.807) is 17.8 Å². The van der Waals surface area contributed by atoms with Crippen molar-refractivity contribution in [2.24, 2.45) is 5.92 Å². The van der Waals surface area contributed by atoms with Crippen LogP contribution in [0.4, 0.5) is 5.69 Å². The second kappa shape index (κ2) is 10.2. The second-order valence-electron chi connectivity index (χ2n) is 8.31. The van der Waals surface area contributed by atoms with Crippen molar-refractivity contribution < 1.29 is 14.6 Å². The molecule has 1 aliphatic heterocycles. The zero-order valence-corrected chi connectivity index (χ0v) is 20.8. The summed E-state index contributed by atoms with van der Waals surface area (Å²) in [6.07, 6.45) is 6.47. The number of thioether (sulfide) groups is 1. The first-order valence-electron chi connectivity index (χ1n) is 11.2. The molecule has 1 amide bonds. The summed E-state index contributed by atoms with van der Waals surface area (Å²) >= 11 is 4.95. The highest BCUT2D eigenvalue weighted by atomic mass is 79.9. The van der Waals surface area contributed by atoms with Crippen LogP contribution in [-0.2, 0) is 4.79 Å². The van der Waals surface area contributed by atoms with Gasteiger partial charge in [0.2, 0.25) is 0 Å². The average molecular weight is 517 g/mol. The molecule has 0 aromatic heterocycles. The van der Waals surface area contributed by atoms with Crippen molar-refractivity contribution in [2.75, 3.05) is 11.9 Å². The fourth-order valence-electron chi connectivity index (χ4n) is 4.46. The molecule has 1 saturated carbocycles. The number of nitrogens with zero attached hydrogens (tertiary/aromatic N) is 1. The summed E-state index contributed by atoms with van der Waals surface area (Å²) in [4.78, 5) is 16.4. The number of phenolic OH excluding ortho intramolecular Hbond substituents is 1. The monoisotopic (exact) mass is 516 g/mol. The molecule has 2 N–H and O–H groups in total. The van der Waals surface area contributed by atoms with E-state index < -0.39 is 0 Å². The van der Waals surface area contributed by atoms with Crippen molar-refractivity contribution in [2.45, 2.75) is 51.1 Å². The average Bonchev–Trinajstić information content (AvgIpc) is 3.07. The fourth-order valence-corrected chi connectivity index (χ4v) is 6.13. The van der Waals surface area contributed by atoms with Crippen LogP contribution in [0.25, 0.3) is 6.08 Å². The molecule has 1 heterocycles. The first kappa shape index (κ1) is 23.1. The molecule has 0 radical (unpaired) electrons. The summed E-state index contributed by atoms with van der Waals surface area (Å²) in [6, 6.07) is 13.8. The molecule has 4 rings (SSSR count). The molecular formula is C25H29BrN2O3S. The van der Waals surface area contributed by atoms with Crippen molar-refractivity contribution in [3.05, 3.63) is 57.4 Å². The highest BCUT2D eigenvalue weighted by Crippen LogP contribution is 2.43. The van der Waals surface area contributed by atoms with E-state index in [0.717, 1.165) is 30.5 Å². The summed E-state index contributed by atoms with van der Waals surface area (Å²) in [5.74, 6) is 1.01. The molecule has 1 saturated heterocycles. The third kappa shape index (κ3) is 4.94. The number of phenols is 1. The number of rotatable bonds is 6. The summed E-state index contributed by atoms with van der Waals surface area (Å²) in [5, 5.41) is 13.8. The van der Waals surface area contributed by atoms with Gasteiger partial charge < -0.3 is 20.1 Å². The molecule has 2 aliphatic rings. The predicted molar refractivity (Wildman–Crippen MR) is 135 cm³/mol. The molecular weight excluding hydrogens is 488 g/mol. The van der Waals surface area contributed by atoms with E-state index in [4.69, 9.17) is 4.74 Å². The summed E-state index contributed by atoms with van der Waals surface area (Å²) in [7, 11) is 0. The number of hydrogen-bond donors (Lipinski definition) is 2. The van der Waals surface area contributed by atoms with Crippen LogP contribution >= 0.6 is 27.7 Å². The number of carbonyl (C=O) groups is 1. The van der Waals surface area contributed by atoms with Crippen LogP contribution in [0.2, 0.25) is 0 Å². The third-order valence-corrected chi connectivity index (χ3v) is 7.79. The number of ether oxygens (including phenoxy) is 1. The van der Waals surface area contributed by atoms with Crippen molar-refractivity contribution in [3.8, 4) is 11.5 Å². The molecule has 3 atom stereocenters. The Kier molecular flexibility index (Phi) is 7.36. The summed E-state index contributed by atoms with van der Waals surface area (Å²) in [6.45, 7) is 4.58. The van der Waals surface area contributed by atoms with Gasteiger partial charge in [-0.25, -0.2) is 0 Å². The lowest BCUT2D eigenvalue weighted by Gasteiger charge is -2.39. The lowest BCUT2D eigenvalue weighted by atomic mass is 9.85. The number of amides is 1. The van der Waals surface area contributed by atoms with E-state index in [1.165, 1.54) is 6.42 Å². The predicted octanol–water partition coefficient (Wildman–Crippen LogP) is 6.44. The summed E-state index contributed by atoms with van der Waals surface area (Å²) < 4.78 is 6.10. The molecule has 32 heavy (non-hydrogen) atoms. The van der Waals surface area contributed by atoms with Gasteiger partial charge in [0.15, 0.2) is 17.0 Å². The smallest absolute Gasteiger partial charge is 0.262 e. The lowest BCUT2D eigenvalue weighted by molar-refractivity contribution is -0.129. The molecule has 7 heteroatoms. The molecule has 170 valence electrons. The first-order valence-corrected chi connectivity index (χ1v) is 12.8. The highest BCUT2D eigenvalue weighted by Gasteiger charge is 2.42. The molecule has 2 aromatic rings. The molecule has 0 spiro atoms. The quantitative estimate of drug-likeness (QED) is 0.432. The van der Waals surface area contributed by atoms with Crippen LogP contribution in [0, 0.1) is 5.92 Å². The molecule has 2 aromatic carbocycles. The Morgan fingerprint density at radius 2 is 2.00 bits per heavy atom. The molecule has 5 nitrogen and oxygen atoms in total. The Balaban J connectivity index is 1.67. The van der Waals surface area contributed by atoms with Crippen LogP contribution in [-0.4, -0.2) is 34.1 Å². The Hall–Kier alpha value is -2.12. The Morgan fingerprint density at radius 1 is 1.25 bits per heavy atom. The van der Waals surface area contributed by atoms with Crippen molar-refractivity contribution in [1.82, 2.24) is 4.90 Å². The first-order chi connectivity index (χ1) is 15.5. The minimum atomic E-state index is -0.159. The number of carbonyl (C=O) groups excluding carboxylic acids is 1. The van der Waals surface area contributed by atoms with Crippen LogP contribution in [0.5, 0.6) is 11.5 Å². The van der Waals surface area contributed by atoms with Gasteiger partial charge in [-0.05, 0) is 77.5 Å². The van der Waals surface area contributed by atoms with Gasteiger partial charge in [-0.1, -0.05) is 49.7 Å². The minimum absolute atomic E-state index is 0.0596. The van der Waals surface area contributed by atoms with Gasteiger partial charge in [-0.2, -0.15) is 0 Å². The molecule has 1 unspecified atom stereocenters. The maximum Gasteiger partial charge on any atom is 0.262 e. The lowest BCUT2D eigenvalue weighted by Crippen LogP contribution is -2.48. The van der Waals surface area contributed by atoms with E-state index >= 15 is 0 Å². The number of nitrogens with one attached hydrogen (secondary N) is 1. The van der Waals surface area contributed by atoms with E-state index in [0.29, 0.717) is 27.7 Å². The zero-order chi connectivity index (χ0) is 22.7. The number of benzene rings is 2. The largest absolute Gasteiger partial charge is 0.503 e. The SMILES string of the molecule is CCOc1cc(/C=C2\SC(Nc3ccccc3)N([C@@H]3CCCC[C@H]3C)C2=O)cc(Br)c1O. The van der Waals surface area contributed by atoms with Crippen molar-refractivity contribution in [3.63, 3.8) is 0 Å². The summed E-state index contributed by atoms with van der Waals surface area (Å²) in [5.41, 5.74) is 1.65. The maximum atomic E-state index is 13.6. The van der Waals surface area contributed by atoms with E-state index in [9.17, 15) is 9.90 Å². The van der Waals surface area contributed by atoms with Gasteiger partial charge in [-0.3, -0.25) is 4.79 Å². The van der Waals surface area contributed by atoms with Gasteiger partial charge >= 0.3 is 0 Å². The zero-order valence-electron chi connectivity index (χ0n) is 18.4. The van der Waals surface area contributed by atoms with Gasteiger partial charge in [0, 0.05) is 11.7 Å². The molecule has 1 aliphatic carbocycles. The number of anilines is 1. The number of para-hydroxylation sites is 1. The Labute approximate surface area is 202 Å².